The molecule has 1 fully saturated rings. The van der Waals surface area contributed by atoms with Gasteiger partial charge < -0.3 is 9.73 Å². The second kappa shape index (κ2) is 9.12. The minimum Gasteiger partial charge on any atom is -0.416 e. The summed E-state index contributed by atoms with van der Waals surface area (Å²) in [5.41, 5.74) is 0.645. The molecule has 0 saturated carbocycles. The number of carbonyl (C=O) groups excluding carboxylic acids is 2. The van der Waals surface area contributed by atoms with Crippen LogP contribution in [-0.4, -0.2) is 47.1 Å². The van der Waals surface area contributed by atoms with Gasteiger partial charge in [0.05, 0.1) is 16.8 Å². The highest BCUT2D eigenvalue weighted by Crippen LogP contribution is 2.27. The number of benzene rings is 1. The zero-order valence-electron chi connectivity index (χ0n) is 18.0. The Morgan fingerprint density at radius 3 is 2.48 bits per heavy atom. The number of carbonyl (C=O) groups is 2. The van der Waals surface area contributed by atoms with E-state index < -0.39 is 20.5 Å². The van der Waals surface area contributed by atoms with E-state index in [2.05, 4.69) is 15.5 Å². The Bertz CT molecular complexity index is 1060. The van der Waals surface area contributed by atoms with Gasteiger partial charge in [0.25, 0.3) is 5.22 Å². The molecule has 0 aliphatic carbocycles. The fourth-order valence-electron chi connectivity index (χ4n) is 3.12. The molecule has 10 heteroatoms. The Labute approximate surface area is 186 Å². The summed E-state index contributed by atoms with van der Waals surface area (Å²) in [6.07, 6.45) is 1.03. The van der Waals surface area contributed by atoms with Crippen LogP contribution in [0.1, 0.15) is 50.4 Å². The Kier molecular flexibility index (Phi) is 6.90. The molecule has 1 N–H and O–H groups in total. The fourth-order valence-corrected chi connectivity index (χ4v) is 5.76. The van der Waals surface area contributed by atoms with Gasteiger partial charge in [0.15, 0.2) is 15.6 Å². The van der Waals surface area contributed by atoms with Crippen LogP contribution < -0.4 is 5.32 Å². The number of nitrogens with zero attached hydrogens (tertiary/aromatic N) is 2. The predicted molar refractivity (Wildman–Crippen MR) is 119 cm³/mol. The standard InChI is InChI=1S/C21H27N3O5S2/c1-13(18(25)15-5-7-16(8-6-15)22-19(26)21(2,3)4)30-20-24-23-17(29-20)11-14-9-10-31(27,28)12-14/h5-8,13-14H,9-12H2,1-4H3,(H,22,26). The van der Waals surface area contributed by atoms with Crippen molar-refractivity contribution in [3.8, 4) is 0 Å². The Hall–Kier alpha value is -2.20. The van der Waals surface area contributed by atoms with Crippen molar-refractivity contribution < 1.29 is 22.4 Å². The van der Waals surface area contributed by atoms with Crippen molar-refractivity contribution in [2.45, 2.75) is 51.0 Å². The first kappa shape index (κ1) is 23.5. The summed E-state index contributed by atoms with van der Waals surface area (Å²) in [5.74, 6) is 0.553. The Morgan fingerprint density at radius 2 is 1.90 bits per heavy atom. The molecule has 0 bridgehead atoms. The molecule has 1 saturated heterocycles. The zero-order chi connectivity index (χ0) is 22.8. The molecule has 168 valence electrons. The largest absolute Gasteiger partial charge is 0.416 e. The summed E-state index contributed by atoms with van der Waals surface area (Å²) >= 11 is 1.17. The zero-order valence-corrected chi connectivity index (χ0v) is 19.7. The first-order valence-electron chi connectivity index (χ1n) is 10.1. The molecule has 1 aromatic heterocycles. The highest BCUT2D eigenvalue weighted by molar-refractivity contribution is 8.00. The molecule has 1 aliphatic rings. The number of amides is 1. The highest BCUT2D eigenvalue weighted by atomic mass is 32.2. The minimum atomic E-state index is -2.95. The lowest BCUT2D eigenvalue weighted by atomic mass is 9.95. The van der Waals surface area contributed by atoms with Gasteiger partial charge in [-0.05, 0) is 43.5 Å². The third-order valence-electron chi connectivity index (χ3n) is 4.99. The maximum absolute atomic E-state index is 12.7. The molecule has 1 aromatic carbocycles. The van der Waals surface area contributed by atoms with Crippen LogP contribution >= 0.6 is 11.8 Å². The van der Waals surface area contributed by atoms with Crippen molar-refractivity contribution in [2.24, 2.45) is 11.3 Å². The molecule has 1 amide bonds. The van der Waals surface area contributed by atoms with Gasteiger partial charge in [-0.1, -0.05) is 32.5 Å². The molecular formula is C21H27N3O5S2. The van der Waals surface area contributed by atoms with Gasteiger partial charge >= 0.3 is 0 Å². The van der Waals surface area contributed by atoms with E-state index in [1.165, 1.54) is 11.8 Å². The average molecular weight is 466 g/mol. The van der Waals surface area contributed by atoms with Gasteiger partial charge in [-0.15, -0.1) is 10.2 Å². The summed E-state index contributed by atoms with van der Waals surface area (Å²) < 4.78 is 28.8. The molecule has 0 spiro atoms. The van der Waals surface area contributed by atoms with Crippen LogP contribution in [0.15, 0.2) is 33.9 Å². The van der Waals surface area contributed by atoms with E-state index in [0.29, 0.717) is 30.0 Å². The number of nitrogens with one attached hydrogen (secondary N) is 1. The van der Waals surface area contributed by atoms with E-state index in [9.17, 15) is 18.0 Å². The van der Waals surface area contributed by atoms with E-state index >= 15 is 0 Å². The number of Topliss-reactive ketones (excluding diaryl/α,β-unsaturated/α-hetero) is 1. The van der Waals surface area contributed by atoms with Crippen LogP contribution in [0, 0.1) is 11.3 Å². The molecule has 1 aliphatic heterocycles. The topological polar surface area (TPSA) is 119 Å². The summed E-state index contributed by atoms with van der Waals surface area (Å²) in [4.78, 5) is 24.8. The SMILES string of the molecule is CC(Sc1nnc(CC2CCS(=O)(=O)C2)o1)C(=O)c1ccc(NC(=O)C(C)(C)C)cc1. The second-order valence-electron chi connectivity index (χ2n) is 8.84. The number of hydrogen-bond donors (Lipinski definition) is 1. The van der Waals surface area contributed by atoms with Gasteiger partial charge in [0.2, 0.25) is 11.8 Å². The van der Waals surface area contributed by atoms with Crippen molar-refractivity contribution >= 4 is 39.0 Å². The molecule has 3 rings (SSSR count). The van der Waals surface area contributed by atoms with Crippen molar-refractivity contribution in [2.75, 3.05) is 16.8 Å². The smallest absolute Gasteiger partial charge is 0.277 e. The van der Waals surface area contributed by atoms with Crippen molar-refractivity contribution in [3.63, 3.8) is 0 Å². The first-order chi connectivity index (χ1) is 14.4. The normalized spacial score (nSPS) is 19.2. The molecular weight excluding hydrogens is 438 g/mol. The van der Waals surface area contributed by atoms with E-state index in [1.54, 1.807) is 31.2 Å². The van der Waals surface area contributed by atoms with Crippen LogP contribution in [-0.2, 0) is 21.1 Å². The molecule has 2 atom stereocenters. The molecule has 2 aromatic rings. The second-order valence-corrected chi connectivity index (χ2v) is 12.4. The van der Waals surface area contributed by atoms with E-state index in [0.717, 1.165) is 0 Å². The lowest BCUT2D eigenvalue weighted by Crippen LogP contribution is -2.27. The number of sulfone groups is 1. The molecule has 2 heterocycles. The van der Waals surface area contributed by atoms with Gasteiger partial charge in [-0.3, -0.25) is 9.59 Å². The number of ketones is 1. The molecule has 0 radical (unpaired) electrons. The monoisotopic (exact) mass is 465 g/mol. The Morgan fingerprint density at radius 1 is 1.23 bits per heavy atom. The number of thioether (sulfide) groups is 1. The van der Waals surface area contributed by atoms with E-state index in [1.807, 2.05) is 20.8 Å². The number of rotatable bonds is 7. The van der Waals surface area contributed by atoms with Crippen molar-refractivity contribution in [1.29, 1.82) is 0 Å². The average Bonchev–Trinajstić information content (AvgIpc) is 3.26. The number of anilines is 1. The maximum atomic E-state index is 12.7. The third kappa shape index (κ3) is 6.39. The minimum absolute atomic E-state index is 0.000329. The summed E-state index contributed by atoms with van der Waals surface area (Å²) in [5, 5.41) is 10.6. The molecule has 31 heavy (non-hydrogen) atoms. The van der Waals surface area contributed by atoms with Crippen LogP contribution in [0.3, 0.4) is 0 Å². The summed E-state index contributed by atoms with van der Waals surface area (Å²) in [6, 6.07) is 6.76. The Balaban J connectivity index is 1.56. The van der Waals surface area contributed by atoms with Gasteiger partial charge in [-0.2, -0.15) is 0 Å². The van der Waals surface area contributed by atoms with Crippen LogP contribution in [0.2, 0.25) is 0 Å². The summed E-state index contributed by atoms with van der Waals surface area (Å²) in [6.45, 7) is 7.25. The van der Waals surface area contributed by atoms with Crippen LogP contribution in [0.5, 0.6) is 0 Å². The van der Waals surface area contributed by atoms with Gasteiger partial charge in [0.1, 0.15) is 0 Å². The maximum Gasteiger partial charge on any atom is 0.277 e. The lowest BCUT2D eigenvalue weighted by molar-refractivity contribution is -0.123. The van der Waals surface area contributed by atoms with Gasteiger partial charge in [0, 0.05) is 23.1 Å². The number of hydrogen-bond acceptors (Lipinski definition) is 8. The van der Waals surface area contributed by atoms with Crippen LogP contribution in [0.4, 0.5) is 5.69 Å². The third-order valence-corrected chi connectivity index (χ3v) is 7.76. The number of aromatic nitrogens is 2. The quantitative estimate of drug-likeness (QED) is 0.488. The van der Waals surface area contributed by atoms with Gasteiger partial charge in [-0.25, -0.2) is 8.42 Å². The van der Waals surface area contributed by atoms with Crippen LogP contribution in [0.25, 0.3) is 0 Å². The van der Waals surface area contributed by atoms with E-state index in [-0.39, 0.29) is 34.3 Å². The van der Waals surface area contributed by atoms with Crippen molar-refractivity contribution in [3.05, 3.63) is 35.7 Å². The molecule has 8 nitrogen and oxygen atoms in total. The first-order valence-corrected chi connectivity index (χ1v) is 12.8. The van der Waals surface area contributed by atoms with E-state index in [4.69, 9.17) is 4.42 Å². The lowest BCUT2D eigenvalue weighted by Gasteiger charge is -2.17. The fraction of sp³-hybridized carbons (Fsp3) is 0.524. The summed E-state index contributed by atoms with van der Waals surface area (Å²) in [7, 11) is -2.95. The highest BCUT2D eigenvalue weighted by Gasteiger charge is 2.29. The van der Waals surface area contributed by atoms with Crippen molar-refractivity contribution in [1.82, 2.24) is 10.2 Å². The molecule has 2 unspecified atom stereocenters. The predicted octanol–water partition coefficient (Wildman–Crippen LogP) is 3.39.